The lowest BCUT2D eigenvalue weighted by molar-refractivity contribution is -0.181. The molecule has 0 unspecified atom stereocenters. The third-order valence-electron chi connectivity index (χ3n) is 6.02. The quantitative estimate of drug-likeness (QED) is 0.855. The van der Waals surface area contributed by atoms with Crippen LogP contribution in [0.1, 0.15) is 47.7 Å². The lowest BCUT2D eigenvalue weighted by Crippen LogP contribution is -2.52. The van der Waals surface area contributed by atoms with Crippen LogP contribution in [-0.2, 0) is 4.74 Å². The summed E-state index contributed by atoms with van der Waals surface area (Å²) in [6, 6.07) is 14.3. The molecule has 5 nitrogen and oxygen atoms in total. The van der Waals surface area contributed by atoms with Crippen LogP contribution < -0.4 is 4.74 Å². The Kier molecular flexibility index (Phi) is 5.56. The van der Waals surface area contributed by atoms with Crippen LogP contribution in [0, 0.1) is 5.82 Å². The zero-order valence-electron chi connectivity index (χ0n) is 16.5. The fourth-order valence-electron chi connectivity index (χ4n) is 4.52. The van der Waals surface area contributed by atoms with Gasteiger partial charge in [0.2, 0.25) is 0 Å². The summed E-state index contributed by atoms with van der Waals surface area (Å²) >= 11 is 0. The topological polar surface area (TPSA) is 59.0 Å². The molecule has 2 fully saturated rings. The molecule has 2 atom stereocenters. The predicted molar refractivity (Wildman–Crippen MR) is 106 cm³/mol. The molecule has 2 aliphatic rings. The first kappa shape index (κ1) is 19.9. The van der Waals surface area contributed by atoms with E-state index >= 15 is 0 Å². The van der Waals surface area contributed by atoms with Gasteiger partial charge in [0.15, 0.2) is 11.6 Å². The molecule has 29 heavy (non-hydrogen) atoms. The van der Waals surface area contributed by atoms with Crippen molar-refractivity contribution < 1.29 is 23.8 Å². The number of amides is 1. The number of rotatable bonds is 3. The highest BCUT2D eigenvalue weighted by atomic mass is 19.1. The molecule has 154 valence electrons. The fraction of sp³-hybridized carbons (Fsp3) is 0.435. The molecular weight excluding hydrogens is 373 g/mol. The Labute approximate surface area is 170 Å². The van der Waals surface area contributed by atoms with Crippen molar-refractivity contribution in [3.05, 3.63) is 65.5 Å². The third-order valence-corrected chi connectivity index (χ3v) is 6.02. The Bertz CT molecular complexity index is 864. The number of nitrogens with zero attached hydrogens (tertiary/aromatic N) is 1. The predicted octanol–water partition coefficient (Wildman–Crippen LogP) is 3.72. The van der Waals surface area contributed by atoms with Gasteiger partial charge < -0.3 is 19.5 Å². The van der Waals surface area contributed by atoms with Gasteiger partial charge in [-0.25, -0.2) is 4.39 Å². The van der Waals surface area contributed by atoms with Crippen LogP contribution in [-0.4, -0.2) is 47.8 Å². The molecule has 1 N–H and O–H groups in total. The molecule has 0 bridgehead atoms. The maximum absolute atomic E-state index is 14.0. The van der Waals surface area contributed by atoms with Gasteiger partial charge in [-0.15, -0.1) is 0 Å². The summed E-state index contributed by atoms with van der Waals surface area (Å²) in [5.41, 5.74) is 0.852. The van der Waals surface area contributed by atoms with Crippen LogP contribution in [0.2, 0.25) is 0 Å². The van der Waals surface area contributed by atoms with Crippen LogP contribution in [0.3, 0.4) is 0 Å². The number of hydrogen-bond acceptors (Lipinski definition) is 4. The van der Waals surface area contributed by atoms with Crippen LogP contribution in [0.5, 0.6) is 5.75 Å². The Hall–Kier alpha value is -2.44. The molecule has 0 radical (unpaired) electrons. The molecule has 0 aliphatic carbocycles. The van der Waals surface area contributed by atoms with Crippen molar-refractivity contribution in [1.82, 2.24) is 4.90 Å². The second-order valence-corrected chi connectivity index (χ2v) is 7.91. The van der Waals surface area contributed by atoms with Crippen molar-refractivity contribution in [1.29, 1.82) is 0 Å². The molecule has 6 heteroatoms. The number of ether oxygens (including phenoxy) is 2. The first-order chi connectivity index (χ1) is 14.0. The van der Waals surface area contributed by atoms with Crippen molar-refractivity contribution in [2.24, 2.45) is 0 Å². The van der Waals surface area contributed by atoms with E-state index in [-0.39, 0.29) is 23.3 Å². The number of para-hydroxylation sites is 1. The Balaban J connectivity index is 1.47. The number of likely N-dealkylation sites (tertiary alicyclic amines) is 1. The number of carbonyl (C=O) groups excluding carboxylic acids is 1. The molecule has 1 spiro atoms. The molecule has 2 aliphatic heterocycles. The number of aliphatic hydroxyl groups is 1. The minimum atomic E-state index is -0.545. The second-order valence-electron chi connectivity index (χ2n) is 7.91. The van der Waals surface area contributed by atoms with Crippen molar-refractivity contribution in [2.75, 3.05) is 20.2 Å². The number of aliphatic hydroxyl groups excluding tert-OH is 1. The van der Waals surface area contributed by atoms with Crippen molar-refractivity contribution >= 4 is 5.91 Å². The van der Waals surface area contributed by atoms with Crippen LogP contribution in [0.15, 0.2) is 48.5 Å². The van der Waals surface area contributed by atoms with E-state index in [2.05, 4.69) is 0 Å². The summed E-state index contributed by atoms with van der Waals surface area (Å²) in [5, 5.41) is 10.5. The molecule has 0 aromatic heterocycles. The highest BCUT2D eigenvalue weighted by Gasteiger charge is 2.44. The third kappa shape index (κ3) is 4.00. The molecule has 4 rings (SSSR count). The molecule has 2 aromatic carbocycles. The van der Waals surface area contributed by atoms with Gasteiger partial charge in [0.25, 0.3) is 5.91 Å². The fourth-order valence-corrected chi connectivity index (χ4v) is 4.52. The van der Waals surface area contributed by atoms with Crippen LogP contribution in [0.25, 0.3) is 0 Å². The van der Waals surface area contributed by atoms with E-state index in [0.29, 0.717) is 38.8 Å². The molecule has 2 aromatic rings. The monoisotopic (exact) mass is 399 g/mol. The lowest BCUT2D eigenvalue weighted by Gasteiger charge is -2.48. The maximum Gasteiger partial charge on any atom is 0.257 e. The van der Waals surface area contributed by atoms with E-state index in [1.54, 1.807) is 11.0 Å². The Morgan fingerprint density at radius 1 is 1.17 bits per heavy atom. The van der Waals surface area contributed by atoms with Gasteiger partial charge >= 0.3 is 0 Å². The average Bonchev–Trinajstić information content (AvgIpc) is 2.74. The van der Waals surface area contributed by atoms with Gasteiger partial charge in [-0.05, 0) is 30.5 Å². The van der Waals surface area contributed by atoms with E-state index in [1.165, 1.54) is 19.2 Å². The zero-order valence-corrected chi connectivity index (χ0v) is 16.5. The summed E-state index contributed by atoms with van der Waals surface area (Å²) in [5.74, 6) is -0.810. The van der Waals surface area contributed by atoms with Crippen LogP contribution in [0.4, 0.5) is 4.39 Å². The van der Waals surface area contributed by atoms with E-state index < -0.39 is 17.5 Å². The largest absolute Gasteiger partial charge is 0.493 e. The summed E-state index contributed by atoms with van der Waals surface area (Å²) in [7, 11) is 1.36. The summed E-state index contributed by atoms with van der Waals surface area (Å²) < 4.78 is 25.5. The van der Waals surface area contributed by atoms with Gasteiger partial charge in [0, 0.05) is 25.9 Å². The molecule has 0 saturated carbocycles. The lowest BCUT2D eigenvalue weighted by atomic mass is 9.80. The van der Waals surface area contributed by atoms with Gasteiger partial charge in [0.1, 0.15) is 0 Å². The van der Waals surface area contributed by atoms with E-state index in [1.807, 2.05) is 30.3 Å². The number of hydrogen-bond donors (Lipinski definition) is 1. The molecule has 2 saturated heterocycles. The van der Waals surface area contributed by atoms with E-state index in [9.17, 15) is 14.3 Å². The first-order valence-electron chi connectivity index (χ1n) is 10.0. The molecule has 2 heterocycles. The molecular formula is C23H26FNO4. The number of benzene rings is 2. The standard InChI is InChI=1S/C23H26FNO4/c1-28-21-18(8-5-9-19(21)24)22(27)25-12-10-23(11-13-25)15-17(26)14-20(29-23)16-6-3-2-4-7-16/h2-9,17,20,26H,10-15H2,1H3/t17-,20-/m1/s1. The number of halogens is 1. The smallest absolute Gasteiger partial charge is 0.257 e. The summed E-state index contributed by atoms with van der Waals surface area (Å²) in [6.07, 6.45) is 1.84. The number of methoxy groups -OCH3 is 1. The summed E-state index contributed by atoms with van der Waals surface area (Å²) in [4.78, 5) is 14.7. The van der Waals surface area contributed by atoms with Crippen molar-refractivity contribution in [2.45, 2.75) is 43.5 Å². The maximum atomic E-state index is 14.0. The normalized spacial score (nSPS) is 23.8. The first-order valence-corrected chi connectivity index (χ1v) is 10.0. The SMILES string of the molecule is COc1c(F)cccc1C(=O)N1CCC2(CC1)C[C@H](O)C[C@H](c1ccccc1)O2. The number of piperidine rings is 1. The molecule has 1 amide bonds. The minimum Gasteiger partial charge on any atom is -0.493 e. The second kappa shape index (κ2) is 8.13. The number of carbonyl (C=O) groups is 1. The zero-order chi connectivity index (χ0) is 20.4. The van der Waals surface area contributed by atoms with E-state index in [4.69, 9.17) is 9.47 Å². The van der Waals surface area contributed by atoms with Gasteiger partial charge in [-0.1, -0.05) is 36.4 Å². The van der Waals surface area contributed by atoms with E-state index in [0.717, 1.165) is 5.56 Å². The highest BCUT2D eigenvalue weighted by molar-refractivity contribution is 5.97. The minimum absolute atomic E-state index is 0.0220. The van der Waals surface area contributed by atoms with Crippen molar-refractivity contribution in [3.63, 3.8) is 0 Å². The Morgan fingerprint density at radius 2 is 1.90 bits per heavy atom. The Morgan fingerprint density at radius 3 is 2.59 bits per heavy atom. The summed E-state index contributed by atoms with van der Waals surface area (Å²) in [6.45, 7) is 0.986. The van der Waals surface area contributed by atoms with Gasteiger partial charge in [0.05, 0.1) is 30.5 Å². The van der Waals surface area contributed by atoms with Crippen LogP contribution >= 0.6 is 0 Å². The van der Waals surface area contributed by atoms with Gasteiger partial charge in [-0.3, -0.25) is 4.79 Å². The van der Waals surface area contributed by atoms with Crippen molar-refractivity contribution in [3.8, 4) is 5.75 Å². The average molecular weight is 399 g/mol. The van der Waals surface area contributed by atoms with Gasteiger partial charge in [-0.2, -0.15) is 0 Å². The highest BCUT2D eigenvalue weighted by Crippen LogP contribution is 2.43.